The van der Waals surface area contributed by atoms with Crippen LogP contribution in [0.25, 0.3) is 0 Å². The number of carbonyl (C=O) groups excluding carboxylic acids is 1. The number of benzene rings is 1. The Morgan fingerprint density at radius 1 is 1.25 bits per heavy atom. The van der Waals surface area contributed by atoms with Crippen molar-refractivity contribution in [1.29, 1.82) is 0 Å². The first-order valence-corrected chi connectivity index (χ1v) is 7.71. The van der Waals surface area contributed by atoms with Crippen molar-refractivity contribution in [2.24, 2.45) is 0 Å². The van der Waals surface area contributed by atoms with Gasteiger partial charge in [-0.25, -0.2) is 0 Å². The van der Waals surface area contributed by atoms with Crippen molar-refractivity contribution in [2.45, 2.75) is 45.7 Å². The van der Waals surface area contributed by atoms with Crippen LogP contribution in [-0.4, -0.2) is 18.5 Å². The molecular weight excluding hydrogens is 295 g/mol. The van der Waals surface area contributed by atoms with Crippen LogP contribution in [0.2, 0.25) is 10.0 Å². The Morgan fingerprint density at radius 3 is 2.45 bits per heavy atom. The molecule has 1 rings (SSSR count). The third-order valence-electron chi connectivity index (χ3n) is 3.35. The van der Waals surface area contributed by atoms with Gasteiger partial charge >= 0.3 is 0 Å². The molecule has 0 aromatic heterocycles. The van der Waals surface area contributed by atoms with Crippen molar-refractivity contribution in [3.05, 3.63) is 33.8 Å². The molecule has 5 heteroatoms. The van der Waals surface area contributed by atoms with E-state index >= 15 is 0 Å². The second-order valence-electron chi connectivity index (χ2n) is 4.85. The predicted molar refractivity (Wildman–Crippen MR) is 85.4 cm³/mol. The number of nitrogens with one attached hydrogen (secondary N) is 2. The highest BCUT2D eigenvalue weighted by Crippen LogP contribution is 2.25. The molecule has 0 saturated heterocycles. The molecule has 1 atom stereocenters. The molecule has 0 radical (unpaired) electrons. The molecule has 112 valence electrons. The predicted octanol–water partition coefficient (Wildman–Crippen LogP) is 3.95. The van der Waals surface area contributed by atoms with Crippen molar-refractivity contribution in [3.63, 3.8) is 0 Å². The molecule has 0 aliphatic carbocycles. The Hall–Kier alpha value is -0.770. The molecule has 0 spiro atoms. The molecule has 1 aromatic carbocycles. The summed E-state index contributed by atoms with van der Waals surface area (Å²) >= 11 is 12.0. The van der Waals surface area contributed by atoms with Gasteiger partial charge in [0.15, 0.2) is 0 Å². The van der Waals surface area contributed by atoms with E-state index in [1.807, 2.05) is 13.0 Å². The van der Waals surface area contributed by atoms with Crippen LogP contribution in [0.5, 0.6) is 0 Å². The van der Waals surface area contributed by atoms with Crippen LogP contribution in [0.15, 0.2) is 18.2 Å². The van der Waals surface area contributed by atoms with E-state index in [0.717, 1.165) is 18.4 Å². The lowest BCUT2D eigenvalue weighted by molar-refractivity contribution is -0.121. The summed E-state index contributed by atoms with van der Waals surface area (Å²) in [7, 11) is 0. The van der Waals surface area contributed by atoms with E-state index in [9.17, 15) is 4.79 Å². The van der Waals surface area contributed by atoms with E-state index < -0.39 is 0 Å². The van der Waals surface area contributed by atoms with Gasteiger partial charge in [-0.15, -0.1) is 0 Å². The van der Waals surface area contributed by atoms with E-state index in [2.05, 4.69) is 24.5 Å². The van der Waals surface area contributed by atoms with E-state index in [4.69, 9.17) is 23.2 Å². The van der Waals surface area contributed by atoms with Crippen molar-refractivity contribution >= 4 is 29.1 Å². The average molecular weight is 317 g/mol. The summed E-state index contributed by atoms with van der Waals surface area (Å²) < 4.78 is 0. The van der Waals surface area contributed by atoms with E-state index in [-0.39, 0.29) is 24.5 Å². The maximum atomic E-state index is 11.8. The number of hydrogen-bond acceptors (Lipinski definition) is 2. The SMILES string of the molecule is CCC(CC)NC(=O)CNC(C)c1ccc(Cl)cc1Cl. The highest BCUT2D eigenvalue weighted by Gasteiger charge is 2.12. The summed E-state index contributed by atoms with van der Waals surface area (Å²) in [6.07, 6.45) is 1.89. The lowest BCUT2D eigenvalue weighted by Gasteiger charge is -2.18. The standard InChI is InChI=1S/C15H22Cl2N2O/c1-4-12(5-2)19-15(20)9-18-10(3)13-7-6-11(16)8-14(13)17/h6-8,10,12,18H,4-5,9H2,1-3H3,(H,19,20). The van der Waals surface area contributed by atoms with Gasteiger partial charge in [-0.1, -0.05) is 43.1 Å². The van der Waals surface area contributed by atoms with Crippen molar-refractivity contribution in [3.8, 4) is 0 Å². The smallest absolute Gasteiger partial charge is 0.234 e. The maximum absolute atomic E-state index is 11.8. The minimum Gasteiger partial charge on any atom is -0.352 e. The Bertz CT molecular complexity index is 447. The summed E-state index contributed by atoms with van der Waals surface area (Å²) in [5.74, 6) is 0.00985. The van der Waals surface area contributed by atoms with Crippen molar-refractivity contribution in [2.75, 3.05) is 6.54 Å². The Kier molecular flexibility index (Phi) is 7.35. The normalized spacial score (nSPS) is 12.5. The van der Waals surface area contributed by atoms with Gasteiger partial charge in [0.05, 0.1) is 6.54 Å². The minimum atomic E-state index is -0.00720. The molecule has 1 unspecified atom stereocenters. The van der Waals surface area contributed by atoms with Gasteiger partial charge in [-0.3, -0.25) is 4.79 Å². The summed E-state index contributed by atoms with van der Waals surface area (Å²) in [4.78, 5) is 11.8. The number of hydrogen-bond donors (Lipinski definition) is 2. The average Bonchev–Trinajstić information content (AvgIpc) is 2.42. The number of halogens is 2. The third-order valence-corrected chi connectivity index (χ3v) is 3.91. The molecule has 1 amide bonds. The van der Waals surface area contributed by atoms with Gasteiger partial charge in [0.2, 0.25) is 5.91 Å². The van der Waals surface area contributed by atoms with E-state index in [0.29, 0.717) is 10.0 Å². The topological polar surface area (TPSA) is 41.1 Å². The largest absolute Gasteiger partial charge is 0.352 e. The molecule has 0 bridgehead atoms. The molecule has 20 heavy (non-hydrogen) atoms. The maximum Gasteiger partial charge on any atom is 0.234 e. The van der Waals surface area contributed by atoms with Crippen LogP contribution >= 0.6 is 23.2 Å². The van der Waals surface area contributed by atoms with Crippen LogP contribution in [0.3, 0.4) is 0 Å². The van der Waals surface area contributed by atoms with E-state index in [1.165, 1.54) is 0 Å². The van der Waals surface area contributed by atoms with Crippen LogP contribution in [0.4, 0.5) is 0 Å². The number of amides is 1. The fourth-order valence-electron chi connectivity index (χ4n) is 1.98. The molecule has 3 nitrogen and oxygen atoms in total. The summed E-state index contributed by atoms with van der Waals surface area (Å²) in [6.45, 7) is 6.38. The quantitative estimate of drug-likeness (QED) is 0.799. The molecule has 1 aromatic rings. The van der Waals surface area contributed by atoms with Gasteiger partial charge < -0.3 is 10.6 Å². The highest BCUT2D eigenvalue weighted by atomic mass is 35.5. The Morgan fingerprint density at radius 2 is 1.90 bits per heavy atom. The second kappa shape index (κ2) is 8.50. The molecule has 0 heterocycles. The highest BCUT2D eigenvalue weighted by molar-refractivity contribution is 6.35. The Balaban J connectivity index is 2.50. The zero-order chi connectivity index (χ0) is 15.1. The first-order valence-electron chi connectivity index (χ1n) is 6.95. The van der Waals surface area contributed by atoms with Gasteiger partial charge in [-0.05, 0) is 37.5 Å². The lowest BCUT2D eigenvalue weighted by Crippen LogP contribution is -2.40. The number of rotatable bonds is 7. The zero-order valence-electron chi connectivity index (χ0n) is 12.2. The summed E-state index contributed by atoms with van der Waals surface area (Å²) in [5.41, 5.74) is 0.936. The van der Waals surface area contributed by atoms with Crippen LogP contribution in [0, 0.1) is 0 Å². The molecule has 0 fully saturated rings. The molecule has 0 saturated carbocycles. The van der Waals surface area contributed by atoms with Crippen molar-refractivity contribution in [1.82, 2.24) is 10.6 Å². The van der Waals surface area contributed by atoms with Crippen LogP contribution in [-0.2, 0) is 4.79 Å². The fraction of sp³-hybridized carbons (Fsp3) is 0.533. The van der Waals surface area contributed by atoms with Crippen LogP contribution < -0.4 is 10.6 Å². The Labute approximate surface area is 131 Å². The van der Waals surface area contributed by atoms with Gasteiger partial charge in [0, 0.05) is 22.1 Å². The summed E-state index contributed by atoms with van der Waals surface area (Å²) in [5, 5.41) is 7.38. The van der Waals surface area contributed by atoms with Gasteiger partial charge in [0.25, 0.3) is 0 Å². The molecular formula is C15H22Cl2N2O. The molecule has 0 aliphatic rings. The zero-order valence-corrected chi connectivity index (χ0v) is 13.7. The first kappa shape index (κ1) is 17.3. The summed E-state index contributed by atoms with van der Waals surface area (Å²) in [6, 6.07) is 5.62. The second-order valence-corrected chi connectivity index (χ2v) is 5.69. The lowest BCUT2D eigenvalue weighted by atomic mass is 10.1. The van der Waals surface area contributed by atoms with Crippen molar-refractivity contribution < 1.29 is 4.79 Å². The van der Waals surface area contributed by atoms with Gasteiger partial charge in [0.1, 0.15) is 0 Å². The van der Waals surface area contributed by atoms with Gasteiger partial charge in [-0.2, -0.15) is 0 Å². The first-order chi connectivity index (χ1) is 9.47. The molecule has 2 N–H and O–H groups in total. The van der Waals surface area contributed by atoms with Crippen LogP contribution in [0.1, 0.15) is 45.2 Å². The fourth-order valence-corrected chi connectivity index (χ4v) is 2.55. The number of carbonyl (C=O) groups is 1. The van der Waals surface area contributed by atoms with E-state index in [1.54, 1.807) is 12.1 Å². The monoisotopic (exact) mass is 316 g/mol. The molecule has 0 aliphatic heterocycles. The minimum absolute atomic E-state index is 0.00720. The third kappa shape index (κ3) is 5.31.